The van der Waals surface area contributed by atoms with Gasteiger partial charge in [-0.25, -0.2) is 0 Å². The number of nitrogens with two attached hydrogens (primary N) is 1. The highest BCUT2D eigenvalue weighted by Gasteiger charge is 2.34. The average Bonchev–Trinajstić information content (AvgIpc) is 2.50. The zero-order valence-corrected chi connectivity index (χ0v) is 17.5. The number of allylic oxidation sites excluding steroid dienone is 3. The van der Waals surface area contributed by atoms with Crippen molar-refractivity contribution in [1.82, 2.24) is 0 Å². The summed E-state index contributed by atoms with van der Waals surface area (Å²) in [5.74, 6) is 0. The molecule has 1 aromatic carbocycles. The summed E-state index contributed by atoms with van der Waals surface area (Å²) >= 11 is 0. The van der Waals surface area contributed by atoms with Crippen LogP contribution in [0.25, 0.3) is 5.57 Å². The Morgan fingerprint density at radius 1 is 1.11 bits per heavy atom. The summed E-state index contributed by atoms with van der Waals surface area (Å²) in [5, 5.41) is 0. The van der Waals surface area contributed by atoms with Gasteiger partial charge in [0, 0.05) is 5.70 Å². The van der Waals surface area contributed by atoms with Crippen LogP contribution < -0.4 is 5.73 Å². The fourth-order valence-electron chi connectivity index (χ4n) is 3.59. The maximum atomic E-state index is 12.9. The fourth-order valence-corrected chi connectivity index (χ4v) is 3.59. The van der Waals surface area contributed by atoms with Crippen molar-refractivity contribution in [2.75, 3.05) is 0 Å². The molecule has 2 fully saturated rings. The van der Waals surface area contributed by atoms with Crippen molar-refractivity contribution in [2.24, 2.45) is 11.1 Å². The van der Waals surface area contributed by atoms with Gasteiger partial charge in [-0.1, -0.05) is 58.1 Å². The highest BCUT2D eigenvalue weighted by molar-refractivity contribution is 5.71. The van der Waals surface area contributed by atoms with Gasteiger partial charge in [-0.05, 0) is 72.9 Å². The predicted molar refractivity (Wildman–Crippen MR) is 112 cm³/mol. The number of aryl methyl sites for hydroxylation is 1. The largest absolute Gasteiger partial charge is 0.416 e. The molecule has 0 aromatic heterocycles. The van der Waals surface area contributed by atoms with E-state index in [4.69, 9.17) is 5.73 Å². The van der Waals surface area contributed by atoms with Gasteiger partial charge in [0.2, 0.25) is 0 Å². The third kappa shape index (κ3) is 6.42. The monoisotopic (exact) mass is 393 g/mol. The minimum atomic E-state index is -4.31. The highest BCUT2D eigenvalue weighted by Crippen LogP contribution is 2.47. The van der Waals surface area contributed by atoms with Crippen molar-refractivity contribution in [3.8, 4) is 0 Å². The Morgan fingerprint density at radius 3 is 2.11 bits per heavy atom. The van der Waals surface area contributed by atoms with Gasteiger partial charge in [0.15, 0.2) is 0 Å². The molecule has 2 N–H and O–H groups in total. The SMILES string of the molecule is C1CCC1.CC/C=C(N)/C=C(\CC1(C)CCC1)c1ccc(C(F)(F)F)cc1C. The molecule has 0 unspecified atom stereocenters. The van der Waals surface area contributed by atoms with Gasteiger partial charge in [-0.3, -0.25) is 0 Å². The van der Waals surface area contributed by atoms with Gasteiger partial charge in [-0.2, -0.15) is 13.2 Å². The number of alkyl halides is 3. The molecule has 0 amide bonds. The Labute approximate surface area is 167 Å². The zero-order valence-electron chi connectivity index (χ0n) is 17.5. The molecule has 2 saturated carbocycles. The summed E-state index contributed by atoms with van der Waals surface area (Å²) < 4.78 is 38.7. The lowest BCUT2D eigenvalue weighted by Gasteiger charge is -2.39. The van der Waals surface area contributed by atoms with Crippen molar-refractivity contribution < 1.29 is 13.2 Å². The molecule has 156 valence electrons. The summed E-state index contributed by atoms with van der Waals surface area (Å²) in [7, 11) is 0. The first-order valence-corrected chi connectivity index (χ1v) is 10.5. The molecular formula is C24H34F3N. The average molecular weight is 394 g/mol. The van der Waals surface area contributed by atoms with Gasteiger partial charge in [0.25, 0.3) is 0 Å². The topological polar surface area (TPSA) is 26.0 Å². The first-order valence-electron chi connectivity index (χ1n) is 10.5. The molecule has 2 aliphatic carbocycles. The standard InChI is InChI=1S/C20H26F3N.C4H8/c1-4-6-17(24)12-15(13-19(3)9-5-10-19)18-8-7-16(11-14(18)2)20(21,22)23;1-2-4-3-1/h6-8,11-12H,4-5,9-10,13,24H2,1-3H3;1-4H2/b15-12+,17-6-;. The second-order valence-electron chi connectivity index (χ2n) is 8.56. The van der Waals surface area contributed by atoms with Crippen LogP contribution in [0, 0.1) is 12.3 Å². The van der Waals surface area contributed by atoms with E-state index >= 15 is 0 Å². The van der Waals surface area contributed by atoms with Crippen LogP contribution in [0.4, 0.5) is 13.2 Å². The molecule has 0 radical (unpaired) electrons. The normalized spacial score (nSPS) is 19.2. The van der Waals surface area contributed by atoms with Crippen LogP contribution in [0.15, 0.2) is 36.0 Å². The predicted octanol–water partition coefficient (Wildman–Crippen LogP) is 7.79. The number of hydrogen-bond donors (Lipinski definition) is 1. The maximum absolute atomic E-state index is 12.9. The first kappa shape index (κ1) is 22.6. The van der Waals surface area contributed by atoms with Gasteiger partial charge >= 0.3 is 6.18 Å². The van der Waals surface area contributed by atoms with Crippen LogP contribution >= 0.6 is 0 Å². The molecule has 1 nitrogen and oxygen atoms in total. The third-order valence-electron chi connectivity index (χ3n) is 5.86. The van der Waals surface area contributed by atoms with E-state index in [0.717, 1.165) is 36.8 Å². The van der Waals surface area contributed by atoms with Crippen LogP contribution in [0.3, 0.4) is 0 Å². The van der Waals surface area contributed by atoms with Crippen molar-refractivity contribution in [3.05, 3.63) is 52.7 Å². The van der Waals surface area contributed by atoms with Gasteiger partial charge in [0.1, 0.15) is 0 Å². The maximum Gasteiger partial charge on any atom is 0.416 e. The lowest BCUT2D eigenvalue weighted by atomic mass is 9.66. The van der Waals surface area contributed by atoms with Gasteiger partial charge < -0.3 is 5.73 Å². The van der Waals surface area contributed by atoms with Crippen LogP contribution in [-0.4, -0.2) is 0 Å². The molecule has 0 atom stereocenters. The van der Waals surface area contributed by atoms with E-state index in [1.165, 1.54) is 44.2 Å². The first-order chi connectivity index (χ1) is 13.1. The van der Waals surface area contributed by atoms with Crippen LogP contribution in [-0.2, 0) is 6.18 Å². The summed E-state index contributed by atoms with van der Waals surface area (Å²) in [6, 6.07) is 3.98. The summed E-state index contributed by atoms with van der Waals surface area (Å²) in [6.07, 6.45) is 10.8. The van der Waals surface area contributed by atoms with Gasteiger partial charge in [0.05, 0.1) is 5.56 Å². The van der Waals surface area contributed by atoms with E-state index in [2.05, 4.69) is 6.92 Å². The molecule has 28 heavy (non-hydrogen) atoms. The minimum Gasteiger partial charge on any atom is -0.399 e. The molecular weight excluding hydrogens is 359 g/mol. The Bertz CT molecular complexity index is 701. The molecule has 0 saturated heterocycles. The second-order valence-corrected chi connectivity index (χ2v) is 8.56. The Balaban J connectivity index is 0.000000620. The van der Waals surface area contributed by atoms with Crippen molar-refractivity contribution >= 4 is 5.57 Å². The van der Waals surface area contributed by atoms with Crippen LogP contribution in [0.1, 0.15) is 88.3 Å². The van der Waals surface area contributed by atoms with Crippen molar-refractivity contribution in [3.63, 3.8) is 0 Å². The molecule has 0 aliphatic heterocycles. The van der Waals surface area contributed by atoms with Crippen molar-refractivity contribution in [1.29, 1.82) is 0 Å². The minimum absolute atomic E-state index is 0.230. The quantitative estimate of drug-likeness (QED) is 0.508. The lowest BCUT2D eigenvalue weighted by Crippen LogP contribution is -2.25. The lowest BCUT2D eigenvalue weighted by molar-refractivity contribution is -0.137. The smallest absolute Gasteiger partial charge is 0.399 e. The molecule has 0 spiro atoms. The Morgan fingerprint density at radius 2 is 1.71 bits per heavy atom. The third-order valence-corrected chi connectivity index (χ3v) is 5.86. The van der Waals surface area contributed by atoms with Crippen LogP contribution in [0.5, 0.6) is 0 Å². The summed E-state index contributed by atoms with van der Waals surface area (Å²) in [4.78, 5) is 0. The van der Waals surface area contributed by atoms with E-state index in [0.29, 0.717) is 11.3 Å². The molecule has 3 rings (SSSR count). The molecule has 4 heteroatoms. The Kier molecular flexibility index (Phi) is 7.79. The number of hydrogen-bond acceptors (Lipinski definition) is 1. The van der Waals surface area contributed by atoms with Gasteiger partial charge in [-0.15, -0.1) is 0 Å². The summed E-state index contributed by atoms with van der Waals surface area (Å²) in [6.45, 7) is 5.99. The molecule has 0 bridgehead atoms. The number of rotatable bonds is 5. The fraction of sp³-hybridized carbons (Fsp3) is 0.583. The highest BCUT2D eigenvalue weighted by atomic mass is 19.4. The van der Waals surface area contributed by atoms with E-state index in [1.807, 2.05) is 19.1 Å². The van der Waals surface area contributed by atoms with Crippen LogP contribution in [0.2, 0.25) is 0 Å². The Hall–Kier alpha value is -1.71. The number of halogens is 3. The van der Waals surface area contributed by atoms with Crippen molar-refractivity contribution in [2.45, 2.75) is 84.7 Å². The molecule has 1 aromatic rings. The molecule has 0 heterocycles. The number of benzene rings is 1. The van der Waals surface area contributed by atoms with E-state index in [9.17, 15) is 13.2 Å². The van der Waals surface area contributed by atoms with E-state index in [1.54, 1.807) is 13.0 Å². The second kappa shape index (κ2) is 9.67. The summed E-state index contributed by atoms with van der Waals surface area (Å²) in [5.41, 5.74) is 8.90. The molecule has 2 aliphatic rings. The zero-order chi connectivity index (χ0) is 20.8. The van der Waals surface area contributed by atoms with E-state index in [-0.39, 0.29) is 5.41 Å². The van der Waals surface area contributed by atoms with E-state index < -0.39 is 11.7 Å².